The molecule has 3 atom stereocenters. The van der Waals surface area contributed by atoms with E-state index in [4.69, 9.17) is 9.47 Å². The fourth-order valence-electron chi connectivity index (χ4n) is 3.04. The van der Waals surface area contributed by atoms with Crippen molar-refractivity contribution in [2.45, 2.75) is 50.8 Å². The molecule has 0 aliphatic carbocycles. The van der Waals surface area contributed by atoms with Crippen LogP contribution in [-0.4, -0.2) is 61.9 Å². The summed E-state index contributed by atoms with van der Waals surface area (Å²) in [5.74, 6) is -0.121. The zero-order valence-electron chi connectivity index (χ0n) is 12.3. The quantitative estimate of drug-likeness (QED) is 0.748. The maximum atomic E-state index is 12.3. The molecule has 0 saturated carbocycles. The average Bonchev–Trinajstić information content (AvgIpc) is 2.97. The predicted octanol–water partition coefficient (Wildman–Crippen LogP) is 0.781. The summed E-state index contributed by atoms with van der Waals surface area (Å²) in [5, 5.41) is 3.44. The van der Waals surface area contributed by atoms with Gasteiger partial charge >= 0.3 is 5.97 Å². The largest absolute Gasteiger partial charge is 0.465 e. The van der Waals surface area contributed by atoms with Crippen LogP contribution in [0.4, 0.5) is 0 Å². The van der Waals surface area contributed by atoms with E-state index >= 15 is 0 Å². The van der Waals surface area contributed by atoms with Gasteiger partial charge in [0.2, 0.25) is 0 Å². The molecule has 1 N–H and O–H groups in total. The smallest absolute Gasteiger partial charge is 0.327 e. The second-order valence-electron chi connectivity index (χ2n) is 5.79. The molecule has 2 rings (SSSR count). The molecule has 110 valence electrons. The summed E-state index contributed by atoms with van der Waals surface area (Å²) in [6.07, 6.45) is 3.24. The second-order valence-corrected chi connectivity index (χ2v) is 5.79. The van der Waals surface area contributed by atoms with Crippen LogP contribution >= 0.6 is 0 Å². The molecule has 5 heteroatoms. The van der Waals surface area contributed by atoms with Gasteiger partial charge in [-0.15, -0.1) is 0 Å². The molecule has 2 aliphatic rings. The van der Waals surface area contributed by atoms with Crippen LogP contribution in [0.15, 0.2) is 0 Å². The zero-order chi connectivity index (χ0) is 13.9. The number of ether oxygens (including phenoxy) is 2. The lowest BCUT2D eigenvalue weighted by Crippen LogP contribution is -2.56. The molecule has 0 spiro atoms. The number of likely N-dealkylation sites (tertiary alicyclic amines) is 1. The van der Waals surface area contributed by atoms with E-state index in [9.17, 15) is 4.79 Å². The van der Waals surface area contributed by atoms with Crippen molar-refractivity contribution in [3.63, 3.8) is 0 Å². The third kappa shape index (κ3) is 3.27. The van der Waals surface area contributed by atoms with Crippen LogP contribution in [0, 0.1) is 0 Å². The van der Waals surface area contributed by atoms with Crippen molar-refractivity contribution in [2.24, 2.45) is 0 Å². The summed E-state index contributed by atoms with van der Waals surface area (Å²) in [7, 11) is 2.05. The number of likely N-dealkylation sites (N-methyl/N-ethyl adjacent to an activating group) is 1. The topological polar surface area (TPSA) is 50.8 Å². The number of nitrogens with zero attached hydrogens (tertiary/aromatic N) is 1. The van der Waals surface area contributed by atoms with Gasteiger partial charge in [-0.3, -0.25) is 5.32 Å². The highest BCUT2D eigenvalue weighted by Crippen LogP contribution is 2.27. The Balaban J connectivity index is 1.99. The van der Waals surface area contributed by atoms with E-state index in [2.05, 4.69) is 24.2 Å². The Morgan fingerprint density at radius 2 is 2.37 bits per heavy atom. The maximum Gasteiger partial charge on any atom is 0.327 e. The molecule has 3 unspecified atom stereocenters. The minimum Gasteiger partial charge on any atom is -0.465 e. The van der Waals surface area contributed by atoms with Crippen LogP contribution in [0.3, 0.4) is 0 Å². The Morgan fingerprint density at radius 1 is 1.58 bits per heavy atom. The summed E-state index contributed by atoms with van der Waals surface area (Å²) in [5.41, 5.74) is -0.559. The molecule has 0 bridgehead atoms. The van der Waals surface area contributed by atoms with Gasteiger partial charge in [0, 0.05) is 25.7 Å². The summed E-state index contributed by atoms with van der Waals surface area (Å²) in [6, 6.07) is 0.390. The van der Waals surface area contributed by atoms with Gasteiger partial charge in [-0.1, -0.05) is 0 Å². The Hall–Kier alpha value is -0.650. The average molecular weight is 270 g/mol. The van der Waals surface area contributed by atoms with Crippen LogP contribution in [0.2, 0.25) is 0 Å². The third-order valence-corrected chi connectivity index (χ3v) is 4.27. The summed E-state index contributed by atoms with van der Waals surface area (Å²) in [6.45, 7) is 6.72. The second kappa shape index (κ2) is 6.20. The van der Waals surface area contributed by atoms with E-state index in [1.165, 1.54) is 0 Å². The number of carbonyl (C=O) groups excluding carboxylic acids is 1. The van der Waals surface area contributed by atoms with Gasteiger partial charge in [0.15, 0.2) is 0 Å². The fraction of sp³-hybridized carbons (Fsp3) is 0.929. The van der Waals surface area contributed by atoms with Crippen molar-refractivity contribution in [3.05, 3.63) is 0 Å². The molecule has 2 heterocycles. The highest BCUT2D eigenvalue weighted by Gasteiger charge is 2.48. The molecule has 0 radical (unpaired) electrons. The van der Waals surface area contributed by atoms with E-state index in [-0.39, 0.29) is 12.1 Å². The Bertz CT molecular complexity index is 306. The van der Waals surface area contributed by atoms with Crippen LogP contribution in [0.25, 0.3) is 0 Å². The predicted molar refractivity (Wildman–Crippen MR) is 73.0 cm³/mol. The summed E-state index contributed by atoms with van der Waals surface area (Å²) < 4.78 is 10.9. The first-order chi connectivity index (χ1) is 9.07. The van der Waals surface area contributed by atoms with Gasteiger partial charge in [0.25, 0.3) is 0 Å². The van der Waals surface area contributed by atoms with Crippen molar-refractivity contribution in [1.29, 1.82) is 0 Å². The standard InChI is InChI=1S/C14H26N2O3/c1-4-18-13(17)14(8-11(2)16(3)10-14)15-9-12-6-5-7-19-12/h11-12,15H,4-10H2,1-3H3. The molecule has 0 amide bonds. The van der Waals surface area contributed by atoms with Crippen molar-refractivity contribution in [2.75, 3.05) is 33.4 Å². The van der Waals surface area contributed by atoms with Gasteiger partial charge in [-0.2, -0.15) is 0 Å². The van der Waals surface area contributed by atoms with Gasteiger partial charge in [0.05, 0.1) is 12.7 Å². The lowest BCUT2D eigenvalue weighted by atomic mass is 9.96. The van der Waals surface area contributed by atoms with Crippen molar-refractivity contribution >= 4 is 5.97 Å². The highest BCUT2D eigenvalue weighted by atomic mass is 16.5. The van der Waals surface area contributed by atoms with E-state index in [0.29, 0.717) is 19.2 Å². The van der Waals surface area contributed by atoms with Crippen LogP contribution in [0.5, 0.6) is 0 Å². The van der Waals surface area contributed by atoms with Crippen LogP contribution in [-0.2, 0) is 14.3 Å². The molecule has 2 fully saturated rings. The number of hydrogen-bond donors (Lipinski definition) is 1. The summed E-state index contributed by atoms with van der Waals surface area (Å²) >= 11 is 0. The van der Waals surface area contributed by atoms with E-state index in [1.54, 1.807) is 0 Å². The number of carbonyl (C=O) groups is 1. The molecule has 2 saturated heterocycles. The lowest BCUT2D eigenvalue weighted by molar-refractivity contribution is -0.151. The molecular formula is C14H26N2O3. The number of hydrogen-bond acceptors (Lipinski definition) is 5. The fourth-order valence-corrected chi connectivity index (χ4v) is 3.04. The SMILES string of the molecule is CCOC(=O)C1(NCC2CCCO2)CC(C)N(C)C1. The Labute approximate surface area is 115 Å². The number of esters is 1. The zero-order valence-corrected chi connectivity index (χ0v) is 12.3. The van der Waals surface area contributed by atoms with Crippen LogP contribution in [0.1, 0.15) is 33.1 Å². The van der Waals surface area contributed by atoms with Crippen molar-refractivity contribution in [3.8, 4) is 0 Å². The van der Waals surface area contributed by atoms with Crippen molar-refractivity contribution < 1.29 is 14.3 Å². The van der Waals surface area contributed by atoms with Gasteiger partial charge < -0.3 is 14.4 Å². The molecule has 0 aromatic rings. The van der Waals surface area contributed by atoms with Crippen LogP contribution < -0.4 is 5.32 Å². The van der Waals surface area contributed by atoms with Gasteiger partial charge in [-0.25, -0.2) is 4.79 Å². The van der Waals surface area contributed by atoms with Gasteiger partial charge in [0.1, 0.15) is 5.54 Å². The lowest BCUT2D eigenvalue weighted by Gasteiger charge is -2.29. The summed E-state index contributed by atoms with van der Waals surface area (Å²) in [4.78, 5) is 14.5. The minimum absolute atomic E-state index is 0.121. The Morgan fingerprint density at radius 3 is 2.89 bits per heavy atom. The molecule has 5 nitrogen and oxygen atoms in total. The first-order valence-electron chi connectivity index (χ1n) is 7.31. The molecular weight excluding hydrogens is 244 g/mol. The monoisotopic (exact) mass is 270 g/mol. The van der Waals surface area contributed by atoms with E-state index < -0.39 is 5.54 Å². The highest BCUT2D eigenvalue weighted by molar-refractivity contribution is 5.82. The minimum atomic E-state index is -0.559. The molecule has 19 heavy (non-hydrogen) atoms. The maximum absolute atomic E-state index is 12.3. The van der Waals surface area contributed by atoms with Crippen molar-refractivity contribution in [1.82, 2.24) is 10.2 Å². The van der Waals surface area contributed by atoms with E-state index in [0.717, 1.165) is 32.4 Å². The van der Waals surface area contributed by atoms with Gasteiger partial charge in [-0.05, 0) is 40.2 Å². The normalized spacial score (nSPS) is 35.7. The first kappa shape index (κ1) is 14.8. The third-order valence-electron chi connectivity index (χ3n) is 4.27. The van der Waals surface area contributed by atoms with E-state index in [1.807, 2.05) is 6.92 Å². The Kier molecular flexibility index (Phi) is 4.81. The number of rotatable bonds is 5. The molecule has 0 aromatic heterocycles. The molecule has 2 aliphatic heterocycles. The molecule has 0 aromatic carbocycles. The number of nitrogens with one attached hydrogen (secondary N) is 1. The first-order valence-corrected chi connectivity index (χ1v) is 7.31.